The van der Waals surface area contributed by atoms with Gasteiger partial charge in [0.25, 0.3) is 5.91 Å². The second-order valence-electron chi connectivity index (χ2n) is 6.11. The summed E-state index contributed by atoms with van der Waals surface area (Å²) in [6.07, 6.45) is 4.09. The molecule has 2 aromatic carbocycles. The van der Waals surface area contributed by atoms with E-state index in [1.165, 1.54) is 0 Å². The molecular formula is C20H19N3O3. The van der Waals surface area contributed by atoms with Crippen molar-refractivity contribution in [3.8, 4) is 11.5 Å². The highest BCUT2D eigenvalue weighted by Crippen LogP contribution is 2.32. The van der Waals surface area contributed by atoms with Crippen LogP contribution in [0.1, 0.15) is 21.5 Å². The number of nitrogens with zero attached hydrogens (tertiary/aromatic N) is 2. The van der Waals surface area contributed by atoms with Gasteiger partial charge in [0.15, 0.2) is 11.5 Å². The highest BCUT2D eigenvalue weighted by Gasteiger charge is 2.13. The minimum atomic E-state index is -0.120. The first-order valence-corrected chi connectivity index (χ1v) is 8.51. The van der Waals surface area contributed by atoms with E-state index in [1.54, 1.807) is 17.1 Å². The van der Waals surface area contributed by atoms with Crippen LogP contribution < -0.4 is 14.8 Å². The van der Waals surface area contributed by atoms with E-state index in [9.17, 15) is 4.79 Å². The molecular weight excluding hydrogens is 330 g/mol. The van der Waals surface area contributed by atoms with Crippen LogP contribution in [0.5, 0.6) is 11.5 Å². The Bertz CT molecular complexity index is 906. The molecule has 0 unspecified atom stereocenters. The molecule has 0 bridgehead atoms. The molecule has 1 aliphatic rings. The summed E-state index contributed by atoms with van der Waals surface area (Å²) in [5, 5.41) is 7.19. The molecule has 0 atom stereocenters. The zero-order valence-corrected chi connectivity index (χ0v) is 14.2. The van der Waals surface area contributed by atoms with Gasteiger partial charge in [0.1, 0.15) is 0 Å². The number of hydrogen-bond acceptors (Lipinski definition) is 4. The van der Waals surface area contributed by atoms with Crippen LogP contribution in [0.15, 0.2) is 60.9 Å². The fourth-order valence-corrected chi connectivity index (χ4v) is 2.86. The number of ether oxygens (including phenoxy) is 2. The number of aromatic nitrogens is 2. The van der Waals surface area contributed by atoms with Gasteiger partial charge in [-0.3, -0.25) is 9.48 Å². The molecule has 6 heteroatoms. The third-order valence-electron chi connectivity index (χ3n) is 4.22. The van der Waals surface area contributed by atoms with Crippen LogP contribution >= 0.6 is 0 Å². The molecule has 132 valence electrons. The van der Waals surface area contributed by atoms with Crippen molar-refractivity contribution in [2.24, 2.45) is 0 Å². The van der Waals surface area contributed by atoms with Crippen molar-refractivity contribution in [1.82, 2.24) is 15.1 Å². The van der Waals surface area contributed by atoms with Crippen LogP contribution in [0.2, 0.25) is 0 Å². The summed E-state index contributed by atoms with van der Waals surface area (Å²) >= 11 is 0. The molecule has 0 spiro atoms. The Morgan fingerprint density at radius 3 is 2.81 bits per heavy atom. The summed E-state index contributed by atoms with van der Waals surface area (Å²) in [4.78, 5) is 12.3. The van der Waals surface area contributed by atoms with Gasteiger partial charge in [0.2, 0.25) is 6.79 Å². The van der Waals surface area contributed by atoms with Crippen molar-refractivity contribution in [3.05, 3.63) is 77.6 Å². The van der Waals surface area contributed by atoms with Crippen molar-refractivity contribution < 1.29 is 14.3 Å². The van der Waals surface area contributed by atoms with Gasteiger partial charge in [0.05, 0.1) is 18.3 Å². The Labute approximate surface area is 151 Å². The predicted octanol–water partition coefficient (Wildman–Crippen LogP) is 2.63. The first-order valence-electron chi connectivity index (χ1n) is 8.51. The summed E-state index contributed by atoms with van der Waals surface area (Å²) in [6.45, 7) is 1.45. The van der Waals surface area contributed by atoms with E-state index in [2.05, 4.69) is 10.4 Å². The monoisotopic (exact) mass is 349 g/mol. The van der Waals surface area contributed by atoms with E-state index in [0.29, 0.717) is 18.7 Å². The lowest BCUT2D eigenvalue weighted by Crippen LogP contribution is -2.25. The third kappa shape index (κ3) is 3.69. The van der Waals surface area contributed by atoms with Crippen molar-refractivity contribution in [3.63, 3.8) is 0 Å². The maximum Gasteiger partial charge on any atom is 0.254 e. The maximum atomic E-state index is 12.3. The van der Waals surface area contributed by atoms with Gasteiger partial charge in [0, 0.05) is 12.7 Å². The lowest BCUT2D eigenvalue weighted by Gasteiger charge is -2.05. The molecule has 0 aliphatic carbocycles. The van der Waals surface area contributed by atoms with Crippen LogP contribution in [-0.2, 0) is 13.0 Å². The van der Waals surface area contributed by atoms with Gasteiger partial charge in [-0.05, 0) is 29.7 Å². The number of nitrogens with one attached hydrogen (secondary N) is 1. The Morgan fingerprint density at radius 1 is 1.08 bits per heavy atom. The molecule has 26 heavy (non-hydrogen) atoms. The third-order valence-corrected chi connectivity index (χ3v) is 4.22. The Balaban J connectivity index is 1.30. The topological polar surface area (TPSA) is 65.4 Å². The van der Waals surface area contributed by atoms with E-state index >= 15 is 0 Å². The average molecular weight is 349 g/mol. The molecule has 0 fully saturated rings. The molecule has 0 saturated heterocycles. The number of hydrogen-bond donors (Lipinski definition) is 1. The predicted molar refractivity (Wildman–Crippen MR) is 96.4 cm³/mol. The minimum absolute atomic E-state index is 0.120. The fourth-order valence-electron chi connectivity index (χ4n) is 2.86. The maximum absolute atomic E-state index is 12.3. The molecule has 0 radical (unpaired) electrons. The van der Waals surface area contributed by atoms with Gasteiger partial charge >= 0.3 is 0 Å². The number of carbonyl (C=O) groups is 1. The summed E-state index contributed by atoms with van der Waals surface area (Å²) in [7, 11) is 0. The zero-order chi connectivity index (χ0) is 17.8. The standard InChI is InChI=1S/C20H19N3O3/c24-20(17-11-22-23(13-17)12-16-4-2-1-3-5-16)21-9-8-15-6-7-18-19(10-15)26-14-25-18/h1-7,10-11,13H,8-9,12,14H2,(H,21,24). The molecule has 1 aromatic heterocycles. The van der Waals surface area contributed by atoms with E-state index in [1.807, 2.05) is 48.5 Å². The smallest absolute Gasteiger partial charge is 0.254 e. The van der Waals surface area contributed by atoms with Crippen LogP contribution in [0.4, 0.5) is 0 Å². The van der Waals surface area contributed by atoms with Crippen LogP contribution in [-0.4, -0.2) is 29.0 Å². The Kier molecular flexibility index (Phi) is 4.55. The lowest BCUT2D eigenvalue weighted by molar-refractivity contribution is 0.0954. The Hall–Kier alpha value is -3.28. The molecule has 1 N–H and O–H groups in total. The molecule has 6 nitrogen and oxygen atoms in total. The van der Waals surface area contributed by atoms with E-state index in [-0.39, 0.29) is 12.7 Å². The van der Waals surface area contributed by atoms with E-state index in [0.717, 1.165) is 29.0 Å². The largest absolute Gasteiger partial charge is 0.454 e. The van der Waals surface area contributed by atoms with Gasteiger partial charge < -0.3 is 14.8 Å². The van der Waals surface area contributed by atoms with Gasteiger partial charge in [-0.15, -0.1) is 0 Å². The number of benzene rings is 2. The first-order chi connectivity index (χ1) is 12.8. The van der Waals surface area contributed by atoms with Crippen LogP contribution in [0.25, 0.3) is 0 Å². The second-order valence-corrected chi connectivity index (χ2v) is 6.11. The van der Waals surface area contributed by atoms with Gasteiger partial charge in [-0.2, -0.15) is 5.10 Å². The molecule has 0 saturated carbocycles. The summed E-state index contributed by atoms with van der Waals surface area (Å²) in [5.41, 5.74) is 2.80. The highest BCUT2D eigenvalue weighted by molar-refractivity contribution is 5.93. The summed E-state index contributed by atoms with van der Waals surface area (Å²) < 4.78 is 12.4. The molecule has 1 aliphatic heterocycles. The van der Waals surface area contributed by atoms with Crippen LogP contribution in [0.3, 0.4) is 0 Å². The van der Waals surface area contributed by atoms with Crippen LogP contribution in [0, 0.1) is 0 Å². The SMILES string of the molecule is O=C(NCCc1ccc2c(c1)OCO2)c1cnn(Cc2ccccc2)c1. The summed E-state index contributed by atoms with van der Waals surface area (Å²) in [6, 6.07) is 15.9. The average Bonchev–Trinajstić information content (AvgIpc) is 3.31. The van der Waals surface area contributed by atoms with Crippen molar-refractivity contribution in [2.45, 2.75) is 13.0 Å². The molecule has 3 aromatic rings. The molecule has 2 heterocycles. The second kappa shape index (κ2) is 7.31. The number of rotatable bonds is 6. The zero-order valence-electron chi connectivity index (χ0n) is 14.2. The first kappa shape index (κ1) is 16.2. The minimum Gasteiger partial charge on any atom is -0.454 e. The van der Waals surface area contributed by atoms with Gasteiger partial charge in [-0.1, -0.05) is 36.4 Å². The van der Waals surface area contributed by atoms with E-state index < -0.39 is 0 Å². The number of amides is 1. The molecule has 4 rings (SSSR count). The van der Waals surface area contributed by atoms with E-state index in [4.69, 9.17) is 9.47 Å². The lowest BCUT2D eigenvalue weighted by atomic mass is 10.1. The number of fused-ring (bicyclic) bond motifs is 1. The van der Waals surface area contributed by atoms with Crippen molar-refractivity contribution in [2.75, 3.05) is 13.3 Å². The van der Waals surface area contributed by atoms with Gasteiger partial charge in [-0.25, -0.2) is 0 Å². The normalized spacial score (nSPS) is 12.2. The van der Waals surface area contributed by atoms with Crippen molar-refractivity contribution in [1.29, 1.82) is 0 Å². The molecule has 1 amide bonds. The van der Waals surface area contributed by atoms with Crippen molar-refractivity contribution >= 4 is 5.91 Å². The Morgan fingerprint density at radius 2 is 1.92 bits per heavy atom. The number of carbonyl (C=O) groups excluding carboxylic acids is 1. The summed E-state index contributed by atoms with van der Waals surface area (Å²) in [5.74, 6) is 1.41. The fraction of sp³-hybridized carbons (Fsp3) is 0.200. The highest BCUT2D eigenvalue weighted by atomic mass is 16.7. The quantitative estimate of drug-likeness (QED) is 0.743.